The molecule has 0 aliphatic heterocycles. The van der Waals surface area contributed by atoms with Crippen molar-refractivity contribution in [1.82, 2.24) is 0 Å². The molecule has 0 saturated carbocycles. The lowest BCUT2D eigenvalue weighted by molar-refractivity contribution is -0.159. The van der Waals surface area contributed by atoms with Crippen LogP contribution in [0.2, 0.25) is 0 Å². The highest BCUT2D eigenvalue weighted by Crippen LogP contribution is 2.31. The Kier molecular flexibility index (Phi) is 7.63. The summed E-state index contributed by atoms with van der Waals surface area (Å²) in [6, 6.07) is 14.6. The van der Waals surface area contributed by atoms with Gasteiger partial charge in [-0.3, -0.25) is 9.59 Å². The third-order valence-electron chi connectivity index (χ3n) is 4.38. The summed E-state index contributed by atoms with van der Waals surface area (Å²) in [7, 11) is 5.66. The molecule has 0 fully saturated rings. The monoisotopic (exact) mass is 384 g/mol. The first kappa shape index (κ1) is 21.0. The molecule has 6 heteroatoms. The Morgan fingerprint density at radius 3 is 1.64 bits per heavy atom. The van der Waals surface area contributed by atoms with E-state index in [1.54, 1.807) is 44.6 Å². The molecule has 0 aliphatic carbocycles. The van der Waals surface area contributed by atoms with Gasteiger partial charge in [0.25, 0.3) is 0 Å². The van der Waals surface area contributed by atoms with Gasteiger partial charge in [-0.1, -0.05) is 36.4 Å². The van der Waals surface area contributed by atoms with Crippen LogP contribution < -0.4 is 9.47 Å². The van der Waals surface area contributed by atoms with Gasteiger partial charge in [-0.25, -0.2) is 0 Å². The van der Waals surface area contributed by atoms with Gasteiger partial charge in [0.1, 0.15) is 11.5 Å². The van der Waals surface area contributed by atoms with Crippen LogP contribution in [0.3, 0.4) is 0 Å². The van der Waals surface area contributed by atoms with Crippen molar-refractivity contribution in [2.45, 2.75) is 5.92 Å². The number of allylic oxidation sites excluding steroid dienone is 1. The molecule has 0 saturated heterocycles. The summed E-state index contributed by atoms with van der Waals surface area (Å²) >= 11 is 0. The maximum absolute atomic E-state index is 12.3. The number of esters is 2. The summed E-state index contributed by atoms with van der Waals surface area (Å²) in [5.41, 5.74) is 1.65. The Balaban J connectivity index is 2.44. The van der Waals surface area contributed by atoms with Gasteiger partial charge in [0.15, 0.2) is 5.92 Å². The van der Waals surface area contributed by atoms with Crippen LogP contribution in [-0.4, -0.2) is 40.4 Å². The maximum atomic E-state index is 12.3. The molecule has 2 aromatic carbocycles. The van der Waals surface area contributed by atoms with Crippen LogP contribution >= 0.6 is 0 Å². The molecule has 0 heterocycles. The van der Waals surface area contributed by atoms with Crippen LogP contribution in [-0.2, 0) is 19.1 Å². The first-order valence-corrected chi connectivity index (χ1v) is 8.66. The molecule has 0 radical (unpaired) electrons. The van der Waals surface area contributed by atoms with E-state index in [1.807, 2.05) is 30.3 Å². The smallest absolute Gasteiger partial charge is 0.321 e. The second kappa shape index (κ2) is 10.2. The lowest BCUT2D eigenvalue weighted by atomic mass is 9.85. The van der Waals surface area contributed by atoms with Gasteiger partial charge in [-0.2, -0.15) is 0 Å². The van der Waals surface area contributed by atoms with E-state index in [4.69, 9.17) is 18.9 Å². The van der Waals surface area contributed by atoms with Crippen molar-refractivity contribution >= 4 is 18.0 Å². The fourth-order valence-corrected chi connectivity index (χ4v) is 2.81. The summed E-state index contributed by atoms with van der Waals surface area (Å²) in [5, 5.41) is 0. The molecule has 2 rings (SSSR count). The minimum atomic E-state index is -1.13. The van der Waals surface area contributed by atoms with Crippen LogP contribution in [0.15, 0.2) is 54.6 Å². The minimum Gasteiger partial charge on any atom is -0.497 e. The van der Waals surface area contributed by atoms with Crippen molar-refractivity contribution in [1.29, 1.82) is 0 Å². The Labute approximate surface area is 164 Å². The Morgan fingerprint density at radius 1 is 0.750 bits per heavy atom. The van der Waals surface area contributed by atoms with E-state index in [0.717, 1.165) is 16.9 Å². The fourth-order valence-electron chi connectivity index (χ4n) is 2.81. The summed E-state index contributed by atoms with van der Waals surface area (Å²) < 4.78 is 20.0. The SMILES string of the molecule is COC(=O)C(C(=O)OC)C(C=Cc1ccc(OC)cc1)c1ccc(OC)cc1. The van der Waals surface area contributed by atoms with E-state index < -0.39 is 23.8 Å². The van der Waals surface area contributed by atoms with Crippen LogP contribution in [0.25, 0.3) is 6.08 Å². The topological polar surface area (TPSA) is 71.1 Å². The van der Waals surface area contributed by atoms with Crippen molar-refractivity contribution in [2.24, 2.45) is 5.92 Å². The van der Waals surface area contributed by atoms with Crippen LogP contribution in [0.4, 0.5) is 0 Å². The molecule has 0 N–H and O–H groups in total. The molecule has 1 unspecified atom stereocenters. The fraction of sp³-hybridized carbons (Fsp3) is 0.273. The standard InChI is InChI=1S/C22H24O6/c1-25-17-10-5-15(6-11-17)7-14-19(16-8-12-18(26-2)13-9-16)20(21(23)27-3)22(24)28-4/h5-14,19-20H,1-4H3. The summed E-state index contributed by atoms with van der Waals surface area (Å²) in [6.07, 6.45) is 3.63. The van der Waals surface area contributed by atoms with Gasteiger partial charge in [-0.05, 0) is 35.4 Å². The predicted octanol–water partition coefficient (Wildman–Crippen LogP) is 3.46. The highest BCUT2D eigenvalue weighted by atomic mass is 16.5. The van der Waals surface area contributed by atoms with Crippen LogP contribution in [0, 0.1) is 5.92 Å². The van der Waals surface area contributed by atoms with Crippen molar-refractivity contribution in [3.8, 4) is 11.5 Å². The number of carbonyl (C=O) groups is 2. The molecule has 0 spiro atoms. The quantitative estimate of drug-likeness (QED) is 0.513. The first-order chi connectivity index (χ1) is 13.5. The molecule has 1 atom stereocenters. The zero-order valence-corrected chi connectivity index (χ0v) is 16.4. The normalized spacial score (nSPS) is 11.9. The number of carbonyl (C=O) groups excluding carboxylic acids is 2. The van der Waals surface area contributed by atoms with Gasteiger partial charge in [0.2, 0.25) is 0 Å². The van der Waals surface area contributed by atoms with Crippen molar-refractivity contribution in [3.05, 3.63) is 65.7 Å². The van der Waals surface area contributed by atoms with Crippen LogP contribution in [0.5, 0.6) is 11.5 Å². The van der Waals surface area contributed by atoms with E-state index >= 15 is 0 Å². The molecule has 2 aromatic rings. The number of benzene rings is 2. The highest BCUT2D eigenvalue weighted by Gasteiger charge is 2.36. The second-order valence-corrected chi connectivity index (χ2v) is 5.96. The largest absolute Gasteiger partial charge is 0.497 e. The number of methoxy groups -OCH3 is 4. The van der Waals surface area contributed by atoms with E-state index in [9.17, 15) is 9.59 Å². The summed E-state index contributed by atoms with van der Waals surface area (Å²) in [6.45, 7) is 0. The van der Waals surface area contributed by atoms with Crippen molar-refractivity contribution in [3.63, 3.8) is 0 Å². The maximum Gasteiger partial charge on any atom is 0.321 e. The van der Waals surface area contributed by atoms with Gasteiger partial charge in [0.05, 0.1) is 28.4 Å². The first-order valence-electron chi connectivity index (χ1n) is 8.66. The van der Waals surface area contributed by atoms with E-state index in [2.05, 4.69) is 0 Å². The zero-order valence-electron chi connectivity index (χ0n) is 16.4. The lowest BCUT2D eigenvalue weighted by Gasteiger charge is -2.21. The molecule has 148 valence electrons. The highest BCUT2D eigenvalue weighted by molar-refractivity contribution is 5.96. The lowest BCUT2D eigenvalue weighted by Crippen LogP contribution is -2.31. The van der Waals surface area contributed by atoms with E-state index in [1.165, 1.54) is 14.2 Å². The average Bonchev–Trinajstić information content (AvgIpc) is 2.76. The van der Waals surface area contributed by atoms with Crippen molar-refractivity contribution < 1.29 is 28.5 Å². The average molecular weight is 384 g/mol. The third kappa shape index (κ3) is 5.13. The molecule has 0 amide bonds. The van der Waals surface area contributed by atoms with Gasteiger partial charge >= 0.3 is 11.9 Å². The summed E-state index contributed by atoms with van der Waals surface area (Å²) in [4.78, 5) is 24.7. The van der Waals surface area contributed by atoms with Gasteiger partial charge in [-0.15, -0.1) is 0 Å². The Hall–Kier alpha value is -3.28. The zero-order chi connectivity index (χ0) is 20.5. The molecule has 6 nitrogen and oxygen atoms in total. The number of ether oxygens (including phenoxy) is 4. The van der Waals surface area contributed by atoms with Crippen LogP contribution in [0.1, 0.15) is 17.0 Å². The van der Waals surface area contributed by atoms with Crippen molar-refractivity contribution in [2.75, 3.05) is 28.4 Å². The predicted molar refractivity (Wildman–Crippen MR) is 105 cm³/mol. The molecule has 0 bridgehead atoms. The molecule has 28 heavy (non-hydrogen) atoms. The number of hydrogen-bond acceptors (Lipinski definition) is 6. The third-order valence-corrected chi connectivity index (χ3v) is 4.38. The summed E-state index contributed by atoms with van der Waals surface area (Å²) in [5.74, 6) is -1.61. The Morgan fingerprint density at radius 2 is 1.21 bits per heavy atom. The minimum absolute atomic E-state index is 0.576. The van der Waals surface area contributed by atoms with Gasteiger partial charge in [0, 0.05) is 5.92 Å². The Bertz CT molecular complexity index is 792. The number of rotatable bonds is 8. The second-order valence-electron chi connectivity index (χ2n) is 5.96. The molecular weight excluding hydrogens is 360 g/mol. The van der Waals surface area contributed by atoms with Gasteiger partial charge < -0.3 is 18.9 Å². The van der Waals surface area contributed by atoms with E-state index in [0.29, 0.717) is 5.75 Å². The molecule has 0 aliphatic rings. The number of hydrogen-bond donors (Lipinski definition) is 0. The van der Waals surface area contributed by atoms with E-state index in [-0.39, 0.29) is 0 Å². The molecule has 0 aromatic heterocycles. The molecular formula is C22H24O6.